The van der Waals surface area contributed by atoms with Gasteiger partial charge < -0.3 is 22.5 Å². The molecule has 0 aliphatic rings. The summed E-state index contributed by atoms with van der Waals surface area (Å²) in [5, 5.41) is 6.00. The van der Waals surface area contributed by atoms with Gasteiger partial charge in [0.05, 0.1) is 7.11 Å². The zero-order valence-electron chi connectivity index (χ0n) is 12.6. The van der Waals surface area contributed by atoms with E-state index in [1.807, 2.05) is 12.1 Å². The van der Waals surface area contributed by atoms with Gasteiger partial charge in [0.15, 0.2) is 0 Å². The molecule has 0 atom stereocenters. The second-order valence-electron chi connectivity index (χ2n) is 5.06. The fourth-order valence-corrected chi connectivity index (χ4v) is 2.62. The lowest BCUT2D eigenvalue weighted by molar-refractivity contribution is -0.00000446. The topological polar surface area (TPSA) is 21.3 Å². The highest BCUT2D eigenvalue weighted by atomic mass is 35.5. The van der Waals surface area contributed by atoms with Gasteiger partial charge in [-0.25, -0.2) is 0 Å². The Morgan fingerprint density at radius 1 is 0.818 bits per heavy atom. The summed E-state index contributed by atoms with van der Waals surface area (Å²) in [5.74, 6) is 0.939. The van der Waals surface area contributed by atoms with Gasteiger partial charge in [0.1, 0.15) is 5.75 Å². The van der Waals surface area contributed by atoms with Gasteiger partial charge in [-0.05, 0) is 22.4 Å². The van der Waals surface area contributed by atoms with Crippen molar-refractivity contribution in [2.45, 2.75) is 13.1 Å². The van der Waals surface area contributed by atoms with Crippen molar-refractivity contribution in [1.82, 2.24) is 5.32 Å². The Bertz CT molecular complexity index is 728. The molecule has 0 aromatic heterocycles. The highest BCUT2D eigenvalue weighted by molar-refractivity contribution is 5.87. The molecule has 0 unspecified atom stereocenters. The standard InChI is InChI=1S/C19H19NO.ClH/c1-21-19-12-11-16-9-5-6-10-17(16)18(19)14-20-13-15-7-3-2-4-8-15;/h2-12,20H,13-14H2,1H3;1H/p-1. The summed E-state index contributed by atoms with van der Waals surface area (Å²) >= 11 is 0. The lowest BCUT2D eigenvalue weighted by Crippen LogP contribution is -3.00. The van der Waals surface area contributed by atoms with Crippen molar-refractivity contribution in [3.05, 3.63) is 77.9 Å². The van der Waals surface area contributed by atoms with Gasteiger partial charge in [-0.3, -0.25) is 0 Å². The van der Waals surface area contributed by atoms with E-state index in [9.17, 15) is 0 Å². The highest BCUT2D eigenvalue weighted by Crippen LogP contribution is 2.27. The molecule has 22 heavy (non-hydrogen) atoms. The number of ether oxygens (including phenoxy) is 1. The van der Waals surface area contributed by atoms with E-state index in [1.54, 1.807) is 7.11 Å². The van der Waals surface area contributed by atoms with Crippen molar-refractivity contribution >= 4 is 10.8 Å². The third-order valence-electron chi connectivity index (χ3n) is 3.69. The number of rotatable bonds is 5. The van der Waals surface area contributed by atoms with E-state index in [4.69, 9.17) is 4.74 Å². The molecule has 3 rings (SSSR count). The average molecular weight is 313 g/mol. The monoisotopic (exact) mass is 312 g/mol. The van der Waals surface area contributed by atoms with Crippen LogP contribution in [0.5, 0.6) is 5.75 Å². The molecule has 3 heteroatoms. The van der Waals surface area contributed by atoms with Crippen molar-refractivity contribution in [3.63, 3.8) is 0 Å². The van der Waals surface area contributed by atoms with Gasteiger partial charge in [0, 0.05) is 18.7 Å². The number of nitrogens with one attached hydrogen (secondary N) is 1. The fourth-order valence-electron chi connectivity index (χ4n) is 2.62. The first-order valence-electron chi connectivity index (χ1n) is 7.18. The molecule has 3 aromatic carbocycles. The van der Waals surface area contributed by atoms with Gasteiger partial charge in [-0.2, -0.15) is 0 Å². The normalized spacial score (nSPS) is 10.2. The summed E-state index contributed by atoms with van der Waals surface area (Å²) in [6.07, 6.45) is 0. The molecule has 0 heterocycles. The molecular formula is C19H19ClNO-. The summed E-state index contributed by atoms with van der Waals surface area (Å²) in [7, 11) is 1.73. The van der Waals surface area contributed by atoms with E-state index in [1.165, 1.54) is 21.9 Å². The minimum absolute atomic E-state index is 0. The van der Waals surface area contributed by atoms with Crippen LogP contribution in [0.25, 0.3) is 10.8 Å². The summed E-state index contributed by atoms with van der Waals surface area (Å²) in [6, 6.07) is 23.0. The first kappa shape index (κ1) is 16.3. The Morgan fingerprint density at radius 3 is 2.32 bits per heavy atom. The van der Waals surface area contributed by atoms with Gasteiger partial charge in [-0.15, -0.1) is 0 Å². The maximum absolute atomic E-state index is 5.52. The molecule has 0 bridgehead atoms. The highest BCUT2D eigenvalue weighted by Gasteiger charge is 2.07. The molecule has 0 aliphatic heterocycles. The minimum Gasteiger partial charge on any atom is -1.00 e. The maximum Gasteiger partial charge on any atom is 0.123 e. The third kappa shape index (κ3) is 3.59. The lowest BCUT2D eigenvalue weighted by atomic mass is 10.0. The van der Waals surface area contributed by atoms with Crippen molar-refractivity contribution in [2.24, 2.45) is 0 Å². The zero-order valence-corrected chi connectivity index (χ0v) is 13.3. The van der Waals surface area contributed by atoms with Crippen LogP contribution in [0, 0.1) is 0 Å². The fraction of sp³-hybridized carbons (Fsp3) is 0.158. The molecule has 3 aromatic rings. The molecule has 0 saturated heterocycles. The number of hydrogen-bond donors (Lipinski definition) is 1. The molecule has 1 N–H and O–H groups in total. The lowest BCUT2D eigenvalue weighted by Gasteiger charge is -2.13. The van der Waals surface area contributed by atoms with Crippen molar-refractivity contribution < 1.29 is 17.1 Å². The van der Waals surface area contributed by atoms with E-state index in [-0.39, 0.29) is 12.4 Å². The Hall–Kier alpha value is -2.03. The average Bonchev–Trinajstić information content (AvgIpc) is 2.56. The number of methoxy groups -OCH3 is 1. The predicted octanol–water partition coefficient (Wildman–Crippen LogP) is 1.14. The van der Waals surface area contributed by atoms with Crippen molar-refractivity contribution in [1.29, 1.82) is 0 Å². The summed E-state index contributed by atoms with van der Waals surface area (Å²) in [6.45, 7) is 1.65. The minimum atomic E-state index is 0. The first-order chi connectivity index (χ1) is 10.4. The number of benzene rings is 3. The third-order valence-corrected chi connectivity index (χ3v) is 3.69. The number of fused-ring (bicyclic) bond motifs is 1. The van der Waals surface area contributed by atoms with E-state index in [2.05, 4.69) is 59.9 Å². The molecule has 2 nitrogen and oxygen atoms in total. The van der Waals surface area contributed by atoms with Crippen LogP contribution in [-0.4, -0.2) is 7.11 Å². The second-order valence-corrected chi connectivity index (χ2v) is 5.06. The van der Waals surface area contributed by atoms with Crippen LogP contribution in [-0.2, 0) is 13.1 Å². The number of halogens is 1. The zero-order chi connectivity index (χ0) is 14.5. The van der Waals surface area contributed by atoms with E-state index in [0.29, 0.717) is 0 Å². The van der Waals surface area contributed by atoms with Crippen molar-refractivity contribution in [2.75, 3.05) is 7.11 Å². The smallest absolute Gasteiger partial charge is 0.123 e. The van der Waals surface area contributed by atoms with Crippen LogP contribution in [0.2, 0.25) is 0 Å². The first-order valence-corrected chi connectivity index (χ1v) is 7.18. The maximum atomic E-state index is 5.52. The molecule has 0 aliphatic carbocycles. The summed E-state index contributed by atoms with van der Waals surface area (Å²) in [5.41, 5.74) is 2.50. The summed E-state index contributed by atoms with van der Waals surface area (Å²) < 4.78 is 5.52. The van der Waals surface area contributed by atoms with E-state index >= 15 is 0 Å². The molecular weight excluding hydrogens is 294 g/mol. The Balaban J connectivity index is 0.00000176. The van der Waals surface area contributed by atoms with Crippen molar-refractivity contribution in [3.8, 4) is 5.75 Å². The van der Waals surface area contributed by atoms with Gasteiger partial charge in [0.25, 0.3) is 0 Å². The van der Waals surface area contributed by atoms with Crippen LogP contribution in [0.3, 0.4) is 0 Å². The molecule has 114 valence electrons. The van der Waals surface area contributed by atoms with Gasteiger partial charge in [0.2, 0.25) is 0 Å². The second kappa shape index (κ2) is 7.83. The SMILES string of the molecule is COc1ccc2ccccc2c1CNCc1ccccc1.[Cl-]. The Morgan fingerprint density at radius 2 is 1.55 bits per heavy atom. The van der Waals surface area contributed by atoms with Crippen LogP contribution in [0.15, 0.2) is 66.7 Å². The molecule has 0 fully saturated rings. The largest absolute Gasteiger partial charge is 1.00 e. The van der Waals surface area contributed by atoms with E-state index < -0.39 is 0 Å². The van der Waals surface area contributed by atoms with Crippen LogP contribution < -0.4 is 22.5 Å². The Labute approximate surface area is 137 Å². The number of hydrogen-bond acceptors (Lipinski definition) is 2. The molecule has 0 amide bonds. The molecule has 0 saturated carbocycles. The van der Waals surface area contributed by atoms with Crippen LogP contribution >= 0.6 is 0 Å². The quantitative estimate of drug-likeness (QED) is 0.763. The van der Waals surface area contributed by atoms with Gasteiger partial charge in [-0.1, -0.05) is 60.7 Å². The van der Waals surface area contributed by atoms with Gasteiger partial charge >= 0.3 is 0 Å². The summed E-state index contributed by atoms with van der Waals surface area (Å²) in [4.78, 5) is 0. The van der Waals surface area contributed by atoms with Crippen LogP contribution in [0.4, 0.5) is 0 Å². The Kier molecular flexibility index (Phi) is 5.82. The predicted molar refractivity (Wildman–Crippen MR) is 87.5 cm³/mol. The van der Waals surface area contributed by atoms with E-state index in [0.717, 1.165) is 18.8 Å². The van der Waals surface area contributed by atoms with Crippen LogP contribution in [0.1, 0.15) is 11.1 Å². The molecule has 0 spiro atoms. The molecule has 0 radical (unpaired) electrons.